The fraction of sp³-hybridized carbons (Fsp3) is 0.478. The molecule has 0 saturated carbocycles. The number of nitrogens with zero attached hydrogens (tertiary/aromatic N) is 2. The normalized spacial score (nSPS) is 18.3. The molecule has 0 atom stereocenters. The van der Waals surface area contributed by atoms with Gasteiger partial charge in [-0.15, -0.1) is 0 Å². The van der Waals surface area contributed by atoms with Crippen LogP contribution in [0, 0.1) is 6.92 Å². The number of thiocarbonyl (C=S) groups is 1. The summed E-state index contributed by atoms with van der Waals surface area (Å²) in [6, 6.07) is 12.3. The van der Waals surface area contributed by atoms with Crippen molar-refractivity contribution in [1.29, 1.82) is 0 Å². The zero-order valence-corrected chi connectivity index (χ0v) is 19.5. The molecule has 1 fully saturated rings. The number of piperidine rings is 1. The number of hydrogen-bond donors (Lipinski definition) is 2. The average Bonchev–Trinajstić information content (AvgIpc) is 2.60. The number of benzene rings is 1. The molecule has 1 aliphatic heterocycles. The molecule has 6 heteroatoms. The zero-order valence-electron chi connectivity index (χ0n) is 17.9. The molecule has 1 aromatic carbocycles. The first kappa shape index (κ1) is 22.0. The zero-order chi connectivity index (χ0) is 21.2. The van der Waals surface area contributed by atoms with Gasteiger partial charge in [-0.2, -0.15) is 0 Å². The first-order valence-corrected chi connectivity index (χ1v) is 10.9. The van der Waals surface area contributed by atoms with E-state index in [4.69, 9.17) is 23.8 Å². The molecular weight excluding hydrogens is 400 g/mol. The van der Waals surface area contributed by atoms with E-state index in [9.17, 15) is 0 Å². The Morgan fingerprint density at radius 3 is 2.48 bits per heavy atom. The van der Waals surface area contributed by atoms with E-state index in [1.807, 2.05) is 49.5 Å². The van der Waals surface area contributed by atoms with Gasteiger partial charge in [-0.1, -0.05) is 23.7 Å². The molecule has 3 rings (SSSR count). The van der Waals surface area contributed by atoms with Crippen LogP contribution in [0.4, 0.5) is 5.69 Å². The second-order valence-corrected chi connectivity index (χ2v) is 10.1. The number of pyridine rings is 1. The number of hydrogen-bond acceptors (Lipinski definition) is 3. The van der Waals surface area contributed by atoms with Crippen LogP contribution in [0.25, 0.3) is 0 Å². The lowest BCUT2D eigenvalue weighted by Crippen LogP contribution is -2.63. The molecule has 2 aromatic rings. The van der Waals surface area contributed by atoms with Crippen molar-refractivity contribution in [1.82, 2.24) is 15.2 Å². The van der Waals surface area contributed by atoms with Crippen LogP contribution in [0.2, 0.25) is 5.02 Å². The van der Waals surface area contributed by atoms with Crippen molar-refractivity contribution in [3.05, 3.63) is 58.9 Å². The summed E-state index contributed by atoms with van der Waals surface area (Å²) < 4.78 is 0. The highest BCUT2D eigenvalue weighted by Gasteiger charge is 2.40. The Bertz CT molecular complexity index is 850. The second-order valence-electron chi connectivity index (χ2n) is 9.32. The Kier molecular flexibility index (Phi) is 6.51. The number of aryl methyl sites for hydroxylation is 1. The summed E-state index contributed by atoms with van der Waals surface area (Å²) in [7, 11) is 0. The van der Waals surface area contributed by atoms with E-state index in [1.54, 1.807) is 0 Å². The summed E-state index contributed by atoms with van der Waals surface area (Å²) in [6.07, 6.45) is 3.82. The fourth-order valence-electron chi connectivity index (χ4n) is 4.43. The van der Waals surface area contributed by atoms with Gasteiger partial charge < -0.3 is 15.5 Å². The molecule has 0 unspecified atom stereocenters. The van der Waals surface area contributed by atoms with Crippen molar-refractivity contribution in [3.63, 3.8) is 0 Å². The first-order valence-electron chi connectivity index (χ1n) is 10.1. The summed E-state index contributed by atoms with van der Waals surface area (Å²) in [4.78, 5) is 6.81. The average molecular weight is 431 g/mol. The number of nitrogens with one attached hydrogen (secondary N) is 2. The summed E-state index contributed by atoms with van der Waals surface area (Å²) in [5.74, 6) is 0. The highest BCUT2D eigenvalue weighted by atomic mass is 35.5. The molecule has 0 amide bonds. The van der Waals surface area contributed by atoms with Crippen molar-refractivity contribution in [2.45, 2.75) is 71.1 Å². The fourth-order valence-corrected chi connectivity index (χ4v) is 5.04. The van der Waals surface area contributed by atoms with Crippen molar-refractivity contribution in [2.24, 2.45) is 0 Å². The molecule has 4 nitrogen and oxygen atoms in total. The monoisotopic (exact) mass is 430 g/mol. The lowest BCUT2D eigenvalue weighted by Gasteiger charge is -2.50. The van der Waals surface area contributed by atoms with Crippen LogP contribution in [-0.2, 0) is 6.54 Å². The molecule has 29 heavy (non-hydrogen) atoms. The van der Waals surface area contributed by atoms with E-state index >= 15 is 0 Å². The summed E-state index contributed by atoms with van der Waals surface area (Å²) in [5.41, 5.74) is 3.00. The van der Waals surface area contributed by atoms with Gasteiger partial charge >= 0.3 is 0 Å². The summed E-state index contributed by atoms with van der Waals surface area (Å²) in [6.45, 7) is 11.7. The Hall–Kier alpha value is -1.69. The maximum atomic E-state index is 6.45. The Labute approximate surface area is 185 Å². The molecule has 0 bridgehead atoms. The molecule has 0 spiro atoms. The minimum absolute atomic E-state index is 0.0197. The molecular formula is C23H31ClN4S. The van der Waals surface area contributed by atoms with Gasteiger partial charge in [0, 0.05) is 23.3 Å². The van der Waals surface area contributed by atoms with Crippen LogP contribution in [0.5, 0.6) is 0 Å². The van der Waals surface area contributed by atoms with Crippen LogP contribution in [0.15, 0.2) is 42.6 Å². The van der Waals surface area contributed by atoms with E-state index < -0.39 is 0 Å². The van der Waals surface area contributed by atoms with Crippen molar-refractivity contribution < 1.29 is 0 Å². The first-order chi connectivity index (χ1) is 13.5. The topological polar surface area (TPSA) is 40.2 Å². The van der Waals surface area contributed by atoms with E-state index in [-0.39, 0.29) is 17.1 Å². The number of rotatable bonds is 4. The van der Waals surface area contributed by atoms with Crippen LogP contribution < -0.4 is 10.6 Å². The summed E-state index contributed by atoms with van der Waals surface area (Å²) >= 11 is 12.3. The van der Waals surface area contributed by atoms with Gasteiger partial charge in [-0.05, 0) is 89.5 Å². The maximum absolute atomic E-state index is 6.45. The van der Waals surface area contributed by atoms with E-state index in [1.165, 1.54) is 0 Å². The Morgan fingerprint density at radius 2 is 1.90 bits per heavy atom. The third-order valence-corrected chi connectivity index (χ3v) is 5.94. The predicted octanol–water partition coefficient (Wildman–Crippen LogP) is 5.55. The number of anilines is 1. The van der Waals surface area contributed by atoms with Crippen LogP contribution >= 0.6 is 23.8 Å². The Balaban J connectivity index is 1.89. The highest BCUT2D eigenvalue weighted by Crippen LogP contribution is 2.33. The molecule has 1 aliphatic rings. The standard InChI is InChI=1S/C23H31ClN4S/c1-16-9-10-20(19(24)12-16)26-21(29)28(15-17-8-6-7-11-25-17)18-13-22(2,3)27-23(4,5)14-18/h6-12,18,27H,13-15H2,1-5H3,(H,26,29). The largest absolute Gasteiger partial charge is 0.340 e. The maximum Gasteiger partial charge on any atom is 0.174 e. The van der Waals surface area contributed by atoms with Crippen LogP contribution in [0.1, 0.15) is 51.8 Å². The van der Waals surface area contributed by atoms with Crippen molar-refractivity contribution in [3.8, 4) is 0 Å². The van der Waals surface area contributed by atoms with Gasteiger partial charge in [-0.25, -0.2) is 0 Å². The van der Waals surface area contributed by atoms with Crippen molar-refractivity contribution >= 4 is 34.6 Å². The van der Waals surface area contributed by atoms with E-state index in [2.05, 4.69) is 48.2 Å². The second kappa shape index (κ2) is 8.58. The van der Waals surface area contributed by atoms with Crippen LogP contribution in [-0.4, -0.2) is 32.1 Å². The van der Waals surface area contributed by atoms with Gasteiger partial charge in [0.25, 0.3) is 0 Å². The van der Waals surface area contributed by atoms with E-state index in [0.29, 0.717) is 16.7 Å². The summed E-state index contributed by atoms with van der Waals surface area (Å²) in [5, 5.41) is 8.50. The van der Waals surface area contributed by atoms with E-state index in [0.717, 1.165) is 29.8 Å². The quantitative estimate of drug-likeness (QED) is 0.622. The van der Waals surface area contributed by atoms with Gasteiger partial charge in [0.05, 0.1) is 22.9 Å². The molecule has 0 radical (unpaired) electrons. The molecule has 1 aromatic heterocycles. The SMILES string of the molecule is Cc1ccc(NC(=S)N(Cc2ccccn2)C2CC(C)(C)NC(C)(C)C2)c(Cl)c1. The number of aromatic nitrogens is 1. The third kappa shape index (κ3) is 5.91. The van der Waals surface area contributed by atoms with Crippen LogP contribution in [0.3, 0.4) is 0 Å². The lowest BCUT2D eigenvalue weighted by molar-refractivity contribution is 0.101. The van der Waals surface area contributed by atoms with Gasteiger partial charge in [-0.3, -0.25) is 4.98 Å². The van der Waals surface area contributed by atoms with Gasteiger partial charge in [0.1, 0.15) is 0 Å². The highest BCUT2D eigenvalue weighted by molar-refractivity contribution is 7.80. The lowest BCUT2D eigenvalue weighted by atomic mass is 9.79. The van der Waals surface area contributed by atoms with Gasteiger partial charge in [0.2, 0.25) is 0 Å². The molecule has 0 aliphatic carbocycles. The predicted molar refractivity (Wildman–Crippen MR) is 127 cm³/mol. The van der Waals surface area contributed by atoms with Crippen molar-refractivity contribution in [2.75, 3.05) is 5.32 Å². The minimum atomic E-state index is 0.0197. The third-order valence-electron chi connectivity index (χ3n) is 5.29. The smallest absolute Gasteiger partial charge is 0.174 e. The molecule has 1 saturated heterocycles. The molecule has 2 N–H and O–H groups in total. The minimum Gasteiger partial charge on any atom is -0.340 e. The number of halogens is 1. The Morgan fingerprint density at radius 1 is 1.21 bits per heavy atom. The molecule has 2 heterocycles. The van der Waals surface area contributed by atoms with Gasteiger partial charge in [0.15, 0.2) is 5.11 Å². The molecule has 156 valence electrons.